The summed E-state index contributed by atoms with van der Waals surface area (Å²) in [6.07, 6.45) is 1.04. The Kier molecular flexibility index (Phi) is 4.67. The largest absolute Gasteiger partial charge is 0.382 e. The van der Waals surface area contributed by atoms with E-state index < -0.39 is 10.0 Å². The van der Waals surface area contributed by atoms with Gasteiger partial charge in [-0.2, -0.15) is 0 Å². The molecule has 0 bridgehead atoms. The van der Waals surface area contributed by atoms with Gasteiger partial charge >= 0.3 is 0 Å². The van der Waals surface area contributed by atoms with Crippen LogP contribution >= 0.6 is 0 Å². The number of hydrogen-bond donors (Lipinski definition) is 2. The summed E-state index contributed by atoms with van der Waals surface area (Å²) in [6, 6.07) is 5.39. The molecule has 2 N–H and O–H groups in total. The fourth-order valence-corrected chi connectivity index (χ4v) is 3.11. The van der Waals surface area contributed by atoms with Crippen LogP contribution in [0.4, 0.5) is 5.69 Å². The van der Waals surface area contributed by atoms with Crippen molar-refractivity contribution >= 4 is 15.7 Å². The van der Waals surface area contributed by atoms with Crippen LogP contribution in [-0.2, 0) is 14.8 Å². The van der Waals surface area contributed by atoms with Gasteiger partial charge in [0, 0.05) is 24.3 Å². The predicted molar refractivity (Wildman–Crippen MR) is 79.4 cm³/mol. The molecular formula is C14H22N2O3S. The van der Waals surface area contributed by atoms with Crippen molar-refractivity contribution in [2.45, 2.75) is 31.2 Å². The molecular weight excluding hydrogens is 276 g/mol. The van der Waals surface area contributed by atoms with E-state index in [0.29, 0.717) is 5.92 Å². The van der Waals surface area contributed by atoms with Gasteiger partial charge in [-0.15, -0.1) is 0 Å². The summed E-state index contributed by atoms with van der Waals surface area (Å²) in [4.78, 5) is 0.281. The number of anilines is 1. The Morgan fingerprint density at radius 1 is 1.40 bits per heavy atom. The maximum absolute atomic E-state index is 11.8. The van der Waals surface area contributed by atoms with Crippen molar-refractivity contribution in [2.75, 3.05) is 25.6 Å². The van der Waals surface area contributed by atoms with E-state index in [1.807, 2.05) is 13.0 Å². The highest BCUT2D eigenvalue weighted by Gasteiger charge is 2.23. The van der Waals surface area contributed by atoms with E-state index in [4.69, 9.17) is 4.74 Å². The predicted octanol–water partition coefficient (Wildman–Crippen LogP) is 1.74. The third-order valence-electron chi connectivity index (χ3n) is 3.84. The van der Waals surface area contributed by atoms with Crippen molar-refractivity contribution in [3.8, 4) is 0 Å². The van der Waals surface area contributed by atoms with E-state index >= 15 is 0 Å². The first-order valence-corrected chi connectivity index (χ1v) is 8.31. The van der Waals surface area contributed by atoms with Gasteiger partial charge in [0.05, 0.1) is 11.5 Å². The molecule has 0 spiro atoms. The quantitative estimate of drug-likeness (QED) is 0.869. The molecule has 0 aliphatic carbocycles. The Labute approximate surface area is 120 Å². The standard InChI is InChI=1S/C14H22N2O3S/c1-10-4-5-13(20(17,18)15-3)8-14(10)16-11(2)12-6-7-19-9-12/h4-5,8,11-12,15-16H,6-7,9H2,1-3H3. The van der Waals surface area contributed by atoms with Crippen molar-refractivity contribution in [3.05, 3.63) is 23.8 Å². The highest BCUT2D eigenvalue weighted by atomic mass is 32.2. The van der Waals surface area contributed by atoms with E-state index in [1.165, 1.54) is 7.05 Å². The summed E-state index contributed by atoms with van der Waals surface area (Å²) < 4.78 is 31.4. The minimum Gasteiger partial charge on any atom is -0.382 e. The molecule has 2 rings (SSSR count). The lowest BCUT2D eigenvalue weighted by atomic mass is 10.00. The lowest BCUT2D eigenvalue weighted by molar-refractivity contribution is 0.183. The van der Waals surface area contributed by atoms with Crippen molar-refractivity contribution < 1.29 is 13.2 Å². The molecule has 0 aromatic heterocycles. The molecule has 112 valence electrons. The smallest absolute Gasteiger partial charge is 0.240 e. The van der Waals surface area contributed by atoms with Crippen molar-refractivity contribution in [1.82, 2.24) is 4.72 Å². The second-order valence-electron chi connectivity index (χ2n) is 5.24. The average molecular weight is 298 g/mol. The number of benzene rings is 1. The maximum Gasteiger partial charge on any atom is 0.240 e. The van der Waals surface area contributed by atoms with Gasteiger partial charge in [-0.25, -0.2) is 13.1 Å². The molecule has 6 heteroatoms. The lowest BCUT2D eigenvalue weighted by Crippen LogP contribution is -2.27. The van der Waals surface area contributed by atoms with Crippen LogP contribution in [0.2, 0.25) is 0 Å². The van der Waals surface area contributed by atoms with Gasteiger partial charge in [0.15, 0.2) is 0 Å². The Morgan fingerprint density at radius 3 is 2.75 bits per heavy atom. The lowest BCUT2D eigenvalue weighted by Gasteiger charge is -2.22. The molecule has 2 atom stereocenters. The summed E-state index contributed by atoms with van der Waals surface area (Å²) in [7, 11) is -1.99. The van der Waals surface area contributed by atoms with Crippen LogP contribution in [0.5, 0.6) is 0 Å². The normalized spacial score (nSPS) is 20.9. The van der Waals surface area contributed by atoms with Gasteiger partial charge in [-0.1, -0.05) is 6.07 Å². The van der Waals surface area contributed by atoms with Crippen LogP contribution in [0, 0.1) is 12.8 Å². The Balaban J connectivity index is 2.20. The van der Waals surface area contributed by atoms with Crippen LogP contribution in [0.1, 0.15) is 18.9 Å². The third kappa shape index (κ3) is 3.31. The summed E-state index contributed by atoms with van der Waals surface area (Å²) in [5, 5.41) is 3.42. The fraction of sp³-hybridized carbons (Fsp3) is 0.571. The zero-order valence-electron chi connectivity index (χ0n) is 12.1. The summed E-state index contributed by atoms with van der Waals surface area (Å²) in [5.74, 6) is 0.471. The van der Waals surface area contributed by atoms with E-state index in [-0.39, 0.29) is 10.9 Å². The molecule has 1 saturated heterocycles. The zero-order valence-corrected chi connectivity index (χ0v) is 13.0. The van der Waals surface area contributed by atoms with Crippen LogP contribution in [0.25, 0.3) is 0 Å². The van der Waals surface area contributed by atoms with Gasteiger partial charge in [-0.3, -0.25) is 0 Å². The number of hydrogen-bond acceptors (Lipinski definition) is 4. The number of aryl methyl sites for hydroxylation is 1. The van der Waals surface area contributed by atoms with E-state index in [9.17, 15) is 8.42 Å². The van der Waals surface area contributed by atoms with Gasteiger partial charge in [-0.05, 0) is 45.0 Å². The zero-order chi connectivity index (χ0) is 14.8. The van der Waals surface area contributed by atoms with Gasteiger partial charge in [0.1, 0.15) is 0 Å². The van der Waals surface area contributed by atoms with E-state index in [0.717, 1.165) is 30.9 Å². The van der Waals surface area contributed by atoms with Crippen LogP contribution in [-0.4, -0.2) is 34.7 Å². The fourth-order valence-electron chi connectivity index (χ4n) is 2.35. The topological polar surface area (TPSA) is 67.4 Å². The van der Waals surface area contributed by atoms with Crippen molar-refractivity contribution in [3.63, 3.8) is 0 Å². The Hall–Kier alpha value is -1.11. The second-order valence-corrected chi connectivity index (χ2v) is 7.13. The summed E-state index contributed by atoms with van der Waals surface area (Å²) in [5.41, 5.74) is 1.89. The molecule has 0 saturated carbocycles. The molecule has 0 amide bonds. The second kappa shape index (κ2) is 6.11. The van der Waals surface area contributed by atoms with Gasteiger partial charge < -0.3 is 10.1 Å². The highest BCUT2D eigenvalue weighted by Crippen LogP contribution is 2.24. The first-order valence-electron chi connectivity index (χ1n) is 6.82. The van der Waals surface area contributed by atoms with Crippen LogP contribution in [0.15, 0.2) is 23.1 Å². The SMILES string of the molecule is CNS(=O)(=O)c1ccc(C)c(NC(C)C2CCOC2)c1. The highest BCUT2D eigenvalue weighted by molar-refractivity contribution is 7.89. The molecule has 1 aromatic rings. The molecule has 1 aromatic carbocycles. The van der Waals surface area contributed by atoms with Crippen molar-refractivity contribution in [1.29, 1.82) is 0 Å². The summed E-state index contributed by atoms with van der Waals surface area (Å²) in [6.45, 7) is 5.65. The maximum atomic E-state index is 11.8. The molecule has 1 aliphatic heterocycles. The van der Waals surface area contributed by atoms with Crippen LogP contribution in [0.3, 0.4) is 0 Å². The molecule has 1 fully saturated rings. The number of ether oxygens (including phenoxy) is 1. The first-order chi connectivity index (χ1) is 9.44. The average Bonchev–Trinajstić information content (AvgIpc) is 2.95. The van der Waals surface area contributed by atoms with E-state index in [2.05, 4.69) is 17.0 Å². The van der Waals surface area contributed by atoms with Crippen LogP contribution < -0.4 is 10.0 Å². The molecule has 5 nitrogen and oxygen atoms in total. The summed E-state index contributed by atoms with van der Waals surface area (Å²) >= 11 is 0. The van der Waals surface area contributed by atoms with Gasteiger partial charge in [0.2, 0.25) is 10.0 Å². The first kappa shape index (κ1) is 15.3. The molecule has 1 heterocycles. The minimum absolute atomic E-state index is 0.253. The Morgan fingerprint density at radius 2 is 2.15 bits per heavy atom. The Bertz CT molecular complexity index is 566. The molecule has 20 heavy (non-hydrogen) atoms. The number of nitrogens with one attached hydrogen (secondary N) is 2. The monoisotopic (exact) mass is 298 g/mol. The minimum atomic E-state index is -3.41. The third-order valence-corrected chi connectivity index (χ3v) is 5.26. The number of rotatable bonds is 5. The van der Waals surface area contributed by atoms with E-state index in [1.54, 1.807) is 12.1 Å². The molecule has 0 radical (unpaired) electrons. The number of sulfonamides is 1. The van der Waals surface area contributed by atoms with Gasteiger partial charge in [0.25, 0.3) is 0 Å². The molecule has 2 unspecified atom stereocenters. The molecule has 1 aliphatic rings. The van der Waals surface area contributed by atoms with Crippen molar-refractivity contribution in [2.24, 2.45) is 5.92 Å².